The van der Waals surface area contributed by atoms with Gasteiger partial charge in [0.05, 0.1) is 11.9 Å². The smallest absolute Gasteiger partial charge is 0.322 e. The lowest BCUT2D eigenvalue weighted by Gasteiger charge is -2.26. The molecule has 0 aliphatic carbocycles. The van der Waals surface area contributed by atoms with Crippen LogP contribution in [0.2, 0.25) is 0 Å². The summed E-state index contributed by atoms with van der Waals surface area (Å²) in [6.45, 7) is 6.44. The van der Waals surface area contributed by atoms with E-state index in [2.05, 4.69) is 22.5 Å². The van der Waals surface area contributed by atoms with Crippen molar-refractivity contribution in [3.05, 3.63) is 42.5 Å². The molecule has 10 nitrogen and oxygen atoms in total. The maximum absolute atomic E-state index is 12.8. The Balaban J connectivity index is 2.22. The zero-order chi connectivity index (χ0) is 23.3. The number of carboxylic acids is 1. The number of thioether (sulfide) groups is 1. The predicted molar refractivity (Wildman–Crippen MR) is 115 cm³/mol. The molecule has 1 aliphatic rings. The number of aliphatic carboxylic acids is 1. The maximum Gasteiger partial charge on any atom is 0.322 e. The second-order valence-corrected chi connectivity index (χ2v) is 9.32. The van der Waals surface area contributed by atoms with Crippen LogP contribution in [0.15, 0.2) is 36.9 Å². The summed E-state index contributed by atoms with van der Waals surface area (Å²) in [6.07, 6.45) is 1.06. The average Bonchev–Trinajstić information content (AvgIpc) is 3.04. The summed E-state index contributed by atoms with van der Waals surface area (Å²) in [5, 5.41) is 25.9. The number of ketones is 1. The Morgan fingerprint density at radius 3 is 2.39 bits per heavy atom. The number of nitrogens with two attached hydrogens (primary N) is 1. The number of hydrogen-bond donors (Lipinski definition) is 6. The number of phenolic OH excluding ortho intramolecular Hbond substituents is 1. The van der Waals surface area contributed by atoms with Gasteiger partial charge in [-0.25, -0.2) is 0 Å². The number of carbonyl (C=O) groups is 4. The van der Waals surface area contributed by atoms with Crippen LogP contribution in [0, 0.1) is 0 Å². The van der Waals surface area contributed by atoms with E-state index in [4.69, 9.17) is 5.73 Å². The van der Waals surface area contributed by atoms with Crippen LogP contribution in [-0.2, 0) is 19.2 Å². The van der Waals surface area contributed by atoms with Crippen molar-refractivity contribution in [2.75, 3.05) is 6.54 Å². The molecule has 168 valence electrons. The molecule has 1 aromatic rings. The van der Waals surface area contributed by atoms with E-state index in [-0.39, 0.29) is 12.3 Å². The third-order valence-electron chi connectivity index (χ3n) is 4.79. The lowest BCUT2D eigenvalue weighted by Crippen LogP contribution is -2.58. The molecule has 0 radical (unpaired) electrons. The number of aromatic hydroxyl groups is 1. The number of hydrogen-bond acceptors (Lipinski definition) is 8. The third-order valence-corrected chi connectivity index (χ3v) is 6.29. The highest BCUT2D eigenvalue weighted by molar-refractivity contribution is 8.01. The number of rotatable bonds is 9. The van der Waals surface area contributed by atoms with E-state index in [1.807, 2.05) is 0 Å². The Morgan fingerprint density at radius 1 is 1.26 bits per heavy atom. The van der Waals surface area contributed by atoms with Crippen molar-refractivity contribution in [3.63, 3.8) is 0 Å². The van der Waals surface area contributed by atoms with Crippen molar-refractivity contribution in [2.45, 2.75) is 42.1 Å². The minimum atomic E-state index is -1.21. The minimum Gasteiger partial charge on any atom is -0.508 e. The fraction of sp³-hybridized carbons (Fsp3) is 0.400. The Bertz CT molecular complexity index is 873. The van der Waals surface area contributed by atoms with Gasteiger partial charge in [0.15, 0.2) is 5.78 Å². The first-order chi connectivity index (χ1) is 14.5. The standard InChI is InChI=1S/C20H26N4O6S/c1-4-11(25)9-22-17(28)14(18-24-15(19(29)30)20(2,3)31-18)23-16(27)13(21)10-5-7-12(26)8-6-10/h4-8,13-15,18,24,26H,1,9,21H2,2-3H3,(H,22,28)(H,23,27)(H,29,30)/t13-,14-,15+,18-/m1/s1. The zero-order valence-electron chi connectivity index (χ0n) is 17.1. The van der Waals surface area contributed by atoms with Crippen LogP contribution < -0.4 is 21.7 Å². The largest absolute Gasteiger partial charge is 0.508 e. The van der Waals surface area contributed by atoms with E-state index in [1.165, 1.54) is 36.0 Å². The minimum absolute atomic E-state index is 0.00833. The van der Waals surface area contributed by atoms with Gasteiger partial charge in [0, 0.05) is 4.75 Å². The molecule has 1 aliphatic heterocycles. The topological polar surface area (TPSA) is 171 Å². The summed E-state index contributed by atoms with van der Waals surface area (Å²) in [5.41, 5.74) is 6.40. The van der Waals surface area contributed by atoms with Crippen LogP contribution in [0.5, 0.6) is 5.75 Å². The molecular formula is C20H26N4O6S. The molecule has 7 N–H and O–H groups in total. The van der Waals surface area contributed by atoms with Crippen molar-refractivity contribution >= 4 is 35.3 Å². The Hall–Kier alpha value is -2.89. The molecule has 0 bridgehead atoms. The second kappa shape index (κ2) is 9.94. The van der Waals surface area contributed by atoms with Gasteiger partial charge in [0.2, 0.25) is 11.8 Å². The monoisotopic (exact) mass is 450 g/mol. The van der Waals surface area contributed by atoms with E-state index in [1.54, 1.807) is 13.8 Å². The van der Waals surface area contributed by atoms with Crippen LogP contribution in [0.4, 0.5) is 0 Å². The first kappa shape index (κ1) is 24.4. The van der Waals surface area contributed by atoms with E-state index < -0.39 is 51.8 Å². The van der Waals surface area contributed by atoms with E-state index in [0.717, 1.165) is 6.08 Å². The third kappa shape index (κ3) is 6.06. The molecule has 0 aromatic heterocycles. The second-order valence-electron chi connectivity index (χ2n) is 7.52. The first-order valence-electron chi connectivity index (χ1n) is 9.41. The van der Waals surface area contributed by atoms with Crippen LogP contribution in [0.1, 0.15) is 25.5 Å². The highest BCUT2D eigenvalue weighted by Crippen LogP contribution is 2.39. The molecule has 1 heterocycles. The quantitative estimate of drug-likeness (QED) is 0.275. The van der Waals surface area contributed by atoms with Gasteiger partial charge in [0.1, 0.15) is 23.9 Å². The van der Waals surface area contributed by atoms with Crippen molar-refractivity contribution < 1.29 is 29.4 Å². The lowest BCUT2D eigenvalue weighted by atomic mass is 10.0. The maximum atomic E-state index is 12.8. The van der Waals surface area contributed by atoms with Crippen molar-refractivity contribution in [1.82, 2.24) is 16.0 Å². The molecule has 2 rings (SSSR count). The highest BCUT2D eigenvalue weighted by Gasteiger charge is 2.49. The molecule has 2 amide bonds. The summed E-state index contributed by atoms with van der Waals surface area (Å²) < 4.78 is -0.768. The van der Waals surface area contributed by atoms with E-state index >= 15 is 0 Å². The van der Waals surface area contributed by atoms with Gasteiger partial charge in [-0.2, -0.15) is 0 Å². The summed E-state index contributed by atoms with van der Waals surface area (Å²) in [7, 11) is 0. The van der Waals surface area contributed by atoms with Gasteiger partial charge in [-0.3, -0.25) is 24.5 Å². The molecule has 0 unspecified atom stereocenters. The van der Waals surface area contributed by atoms with Crippen LogP contribution in [-0.4, -0.2) is 62.5 Å². The van der Waals surface area contributed by atoms with Gasteiger partial charge < -0.3 is 26.6 Å². The van der Waals surface area contributed by atoms with Crippen molar-refractivity contribution in [2.24, 2.45) is 5.73 Å². The van der Waals surface area contributed by atoms with Crippen LogP contribution in [0.25, 0.3) is 0 Å². The number of nitrogens with one attached hydrogen (secondary N) is 3. The summed E-state index contributed by atoms with van der Waals surface area (Å²) in [6, 6.07) is 2.40. The molecule has 11 heteroatoms. The number of carboxylic acid groups (broad SMARTS) is 1. The molecule has 31 heavy (non-hydrogen) atoms. The number of benzene rings is 1. The molecule has 1 fully saturated rings. The lowest BCUT2D eigenvalue weighted by molar-refractivity contribution is -0.140. The Kier molecular flexibility index (Phi) is 7.82. The summed E-state index contributed by atoms with van der Waals surface area (Å²) in [5.74, 6) is -2.86. The molecule has 0 saturated carbocycles. The highest BCUT2D eigenvalue weighted by atomic mass is 32.2. The molecule has 0 spiro atoms. The van der Waals surface area contributed by atoms with E-state index in [9.17, 15) is 29.4 Å². The fourth-order valence-electron chi connectivity index (χ4n) is 3.04. The van der Waals surface area contributed by atoms with Crippen LogP contribution in [0.3, 0.4) is 0 Å². The van der Waals surface area contributed by atoms with Crippen LogP contribution >= 0.6 is 11.8 Å². The molecule has 1 saturated heterocycles. The van der Waals surface area contributed by atoms with Crippen molar-refractivity contribution in [3.8, 4) is 5.75 Å². The SMILES string of the molecule is C=CC(=O)CNC(=O)[C@@H](NC(=O)[C@H](N)c1ccc(O)cc1)[C@@H]1N[C@@H](C(=O)O)C(C)(C)S1. The summed E-state index contributed by atoms with van der Waals surface area (Å²) in [4.78, 5) is 48.6. The number of amides is 2. The number of carbonyl (C=O) groups excluding carboxylic acids is 3. The predicted octanol–water partition coefficient (Wildman–Crippen LogP) is -0.358. The van der Waals surface area contributed by atoms with Gasteiger partial charge in [-0.15, -0.1) is 11.8 Å². The van der Waals surface area contributed by atoms with Gasteiger partial charge in [-0.05, 0) is 37.6 Å². The van der Waals surface area contributed by atoms with E-state index in [0.29, 0.717) is 5.56 Å². The van der Waals surface area contributed by atoms with Gasteiger partial charge in [-0.1, -0.05) is 18.7 Å². The fourth-order valence-corrected chi connectivity index (χ4v) is 4.53. The Labute approximate surface area is 183 Å². The number of phenols is 1. The Morgan fingerprint density at radius 2 is 1.87 bits per heavy atom. The zero-order valence-corrected chi connectivity index (χ0v) is 17.9. The summed E-state index contributed by atoms with van der Waals surface area (Å²) >= 11 is 1.19. The average molecular weight is 451 g/mol. The molecular weight excluding hydrogens is 424 g/mol. The van der Waals surface area contributed by atoms with Gasteiger partial charge >= 0.3 is 5.97 Å². The first-order valence-corrected chi connectivity index (χ1v) is 10.3. The molecule has 4 atom stereocenters. The van der Waals surface area contributed by atoms with Gasteiger partial charge in [0.25, 0.3) is 0 Å². The van der Waals surface area contributed by atoms with Crippen molar-refractivity contribution in [1.29, 1.82) is 0 Å². The molecule has 1 aromatic carbocycles. The normalized spacial score (nSPS) is 21.5.